The van der Waals surface area contributed by atoms with Crippen LogP contribution in [0.1, 0.15) is 73.7 Å². The fraction of sp³-hybridized carbons (Fsp3) is 0.500. The van der Waals surface area contributed by atoms with E-state index >= 15 is 0 Å². The van der Waals surface area contributed by atoms with Gasteiger partial charge < -0.3 is 0 Å². The average Bonchev–Trinajstić information content (AvgIpc) is 3.18. The third-order valence-electron chi connectivity index (χ3n) is 4.15. The maximum absolute atomic E-state index is 13.0. The lowest BCUT2D eigenvalue weighted by Gasteiger charge is -2.20. The van der Waals surface area contributed by atoms with Crippen LogP contribution in [0.25, 0.3) is 11.0 Å². The molecule has 3 aromatic rings. The van der Waals surface area contributed by atoms with Gasteiger partial charge in [-0.3, -0.25) is 10.1 Å². The van der Waals surface area contributed by atoms with Gasteiger partial charge >= 0.3 is 0 Å². The summed E-state index contributed by atoms with van der Waals surface area (Å²) in [6.45, 7) is 11.8. The molecule has 0 radical (unpaired) electrons. The number of halogens is 2. The third-order valence-corrected chi connectivity index (χ3v) is 5.00. The number of fused-ring (bicyclic) bond motifs is 1. The van der Waals surface area contributed by atoms with Crippen molar-refractivity contribution in [2.75, 3.05) is 5.32 Å². The minimum atomic E-state index is -2.73. The van der Waals surface area contributed by atoms with Crippen molar-refractivity contribution in [2.45, 2.75) is 59.4 Å². The highest BCUT2D eigenvalue weighted by molar-refractivity contribution is 7.15. The Kier molecular flexibility index (Phi) is 5.18. The van der Waals surface area contributed by atoms with Gasteiger partial charge in [-0.2, -0.15) is 5.10 Å². The summed E-state index contributed by atoms with van der Waals surface area (Å²) in [5, 5.41) is 14.4. The summed E-state index contributed by atoms with van der Waals surface area (Å²) in [7, 11) is 0. The predicted octanol–water partition coefficient (Wildman–Crippen LogP) is 4.66. The smallest absolute Gasteiger partial charge is 0.291 e. The van der Waals surface area contributed by atoms with Crippen LogP contribution in [0, 0.1) is 6.92 Å². The molecule has 0 saturated carbocycles. The number of carbonyl (C=O) groups is 1. The fourth-order valence-corrected chi connectivity index (χ4v) is 3.38. The molecule has 3 heterocycles. The number of nitrogens with zero attached hydrogens (tertiary/aromatic N) is 5. The standard InChI is InChI=1S/C18H22F2N6OS/c1-8(2)11-7-10(15(27)22-17-24-23-16(28-17)13(19)20)12-9(3)25-26(14(12)21-11)18(4,5)6/h7-8,13H,1-6H3,(H,22,24,27). The van der Waals surface area contributed by atoms with Crippen molar-refractivity contribution in [1.29, 1.82) is 0 Å². The minimum absolute atomic E-state index is 0.0252. The van der Waals surface area contributed by atoms with Crippen molar-refractivity contribution < 1.29 is 13.6 Å². The monoisotopic (exact) mass is 408 g/mol. The number of alkyl halides is 2. The predicted molar refractivity (Wildman–Crippen MR) is 104 cm³/mol. The molecule has 0 spiro atoms. The van der Waals surface area contributed by atoms with Gasteiger partial charge in [-0.15, -0.1) is 10.2 Å². The van der Waals surface area contributed by atoms with Crippen LogP contribution in [0.5, 0.6) is 0 Å². The van der Waals surface area contributed by atoms with Crippen LogP contribution in [-0.2, 0) is 5.54 Å². The van der Waals surface area contributed by atoms with E-state index in [1.165, 1.54) is 0 Å². The first-order valence-corrected chi connectivity index (χ1v) is 9.64. The molecule has 3 rings (SSSR count). The number of aryl methyl sites for hydroxylation is 1. The van der Waals surface area contributed by atoms with Gasteiger partial charge in [0.2, 0.25) is 5.13 Å². The average molecular weight is 408 g/mol. The molecule has 0 fully saturated rings. The van der Waals surface area contributed by atoms with E-state index in [2.05, 4.69) is 20.6 Å². The summed E-state index contributed by atoms with van der Waals surface area (Å²) in [6, 6.07) is 1.72. The van der Waals surface area contributed by atoms with Gasteiger partial charge in [0.25, 0.3) is 12.3 Å². The van der Waals surface area contributed by atoms with Crippen molar-refractivity contribution >= 4 is 33.4 Å². The molecule has 0 aliphatic rings. The van der Waals surface area contributed by atoms with Gasteiger partial charge in [-0.05, 0) is 39.7 Å². The van der Waals surface area contributed by atoms with Gasteiger partial charge in [0.05, 0.1) is 22.2 Å². The van der Waals surface area contributed by atoms with E-state index in [4.69, 9.17) is 4.98 Å². The molecule has 28 heavy (non-hydrogen) atoms. The first kappa shape index (κ1) is 20.2. The van der Waals surface area contributed by atoms with E-state index in [0.29, 0.717) is 33.6 Å². The van der Waals surface area contributed by atoms with Crippen LogP contribution >= 0.6 is 11.3 Å². The molecular weight excluding hydrogens is 386 g/mol. The van der Waals surface area contributed by atoms with E-state index in [-0.39, 0.29) is 16.6 Å². The summed E-state index contributed by atoms with van der Waals surface area (Å²) in [6.07, 6.45) is -2.73. The zero-order valence-corrected chi connectivity index (χ0v) is 17.4. The molecule has 0 aromatic carbocycles. The van der Waals surface area contributed by atoms with Gasteiger partial charge in [-0.1, -0.05) is 25.2 Å². The van der Waals surface area contributed by atoms with Crippen LogP contribution < -0.4 is 5.32 Å². The number of nitrogens with one attached hydrogen (secondary N) is 1. The quantitative estimate of drug-likeness (QED) is 0.679. The summed E-state index contributed by atoms with van der Waals surface area (Å²) in [5.74, 6) is -0.366. The van der Waals surface area contributed by atoms with Crippen LogP contribution in [0.3, 0.4) is 0 Å². The molecule has 0 unspecified atom stereocenters. The molecule has 7 nitrogen and oxygen atoms in total. The molecule has 0 bridgehead atoms. The Morgan fingerprint density at radius 3 is 2.46 bits per heavy atom. The third kappa shape index (κ3) is 3.73. The van der Waals surface area contributed by atoms with E-state index in [1.807, 2.05) is 41.5 Å². The highest BCUT2D eigenvalue weighted by Crippen LogP contribution is 2.30. The highest BCUT2D eigenvalue weighted by Gasteiger charge is 2.26. The lowest BCUT2D eigenvalue weighted by Crippen LogP contribution is -2.24. The van der Waals surface area contributed by atoms with Gasteiger partial charge in [0.15, 0.2) is 10.7 Å². The molecule has 150 valence electrons. The molecule has 0 saturated heterocycles. The Morgan fingerprint density at radius 2 is 1.93 bits per heavy atom. The van der Waals surface area contributed by atoms with Crippen molar-refractivity contribution in [1.82, 2.24) is 25.0 Å². The number of pyridine rings is 1. The molecule has 10 heteroatoms. The van der Waals surface area contributed by atoms with Crippen LogP contribution in [0.15, 0.2) is 6.07 Å². The largest absolute Gasteiger partial charge is 0.296 e. The summed E-state index contributed by atoms with van der Waals surface area (Å²) >= 11 is 0.653. The zero-order valence-electron chi connectivity index (χ0n) is 16.5. The maximum atomic E-state index is 13.0. The highest BCUT2D eigenvalue weighted by atomic mass is 32.1. The van der Waals surface area contributed by atoms with E-state index in [0.717, 1.165) is 5.69 Å². The Morgan fingerprint density at radius 1 is 1.25 bits per heavy atom. The topological polar surface area (TPSA) is 85.6 Å². The van der Waals surface area contributed by atoms with Crippen molar-refractivity contribution in [2.24, 2.45) is 0 Å². The van der Waals surface area contributed by atoms with Crippen LogP contribution in [-0.4, -0.2) is 30.9 Å². The van der Waals surface area contributed by atoms with E-state index < -0.39 is 17.3 Å². The van der Waals surface area contributed by atoms with Gasteiger partial charge in [-0.25, -0.2) is 18.4 Å². The van der Waals surface area contributed by atoms with Crippen molar-refractivity contribution in [3.05, 3.63) is 28.0 Å². The second kappa shape index (κ2) is 7.16. The normalized spacial score (nSPS) is 12.4. The second-order valence-corrected chi connectivity index (χ2v) is 8.83. The number of carbonyl (C=O) groups excluding carboxylic acids is 1. The van der Waals surface area contributed by atoms with Crippen LogP contribution in [0.4, 0.5) is 13.9 Å². The number of hydrogen-bond donors (Lipinski definition) is 1. The number of aromatic nitrogens is 5. The minimum Gasteiger partial charge on any atom is -0.296 e. The summed E-state index contributed by atoms with van der Waals surface area (Å²) < 4.78 is 27.3. The molecular formula is C18H22F2N6OS. The maximum Gasteiger partial charge on any atom is 0.291 e. The second-order valence-electron chi connectivity index (χ2n) is 7.82. The molecule has 0 aliphatic heterocycles. The van der Waals surface area contributed by atoms with Crippen molar-refractivity contribution in [3.63, 3.8) is 0 Å². The Balaban J connectivity index is 2.12. The number of anilines is 1. The lowest BCUT2D eigenvalue weighted by molar-refractivity contribution is 0.102. The molecule has 3 aromatic heterocycles. The Labute approximate surface area is 165 Å². The lowest BCUT2D eigenvalue weighted by atomic mass is 10.0. The Hall–Kier alpha value is -2.49. The number of amides is 1. The number of hydrogen-bond acceptors (Lipinski definition) is 6. The zero-order chi connectivity index (χ0) is 20.8. The summed E-state index contributed by atoms with van der Waals surface area (Å²) in [4.78, 5) is 17.7. The molecule has 0 aliphatic carbocycles. The van der Waals surface area contributed by atoms with E-state index in [9.17, 15) is 13.6 Å². The first-order valence-electron chi connectivity index (χ1n) is 8.82. The Bertz CT molecular complexity index is 1030. The molecule has 1 amide bonds. The molecule has 0 atom stereocenters. The van der Waals surface area contributed by atoms with Gasteiger partial charge in [0.1, 0.15) is 0 Å². The van der Waals surface area contributed by atoms with Crippen molar-refractivity contribution in [3.8, 4) is 0 Å². The van der Waals surface area contributed by atoms with Crippen LogP contribution in [0.2, 0.25) is 0 Å². The van der Waals surface area contributed by atoms with Gasteiger partial charge in [0, 0.05) is 5.69 Å². The molecule has 1 N–H and O–H groups in total. The SMILES string of the molecule is Cc1nn(C(C)(C)C)c2nc(C(C)C)cc(C(=O)Nc3nnc(C(F)F)s3)c12. The van der Waals surface area contributed by atoms with E-state index in [1.54, 1.807) is 10.7 Å². The number of rotatable bonds is 4. The first-order chi connectivity index (χ1) is 13.0. The summed E-state index contributed by atoms with van der Waals surface area (Å²) in [5.41, 5.74) is 2.09. The fourth-order valence-electron chi connectivity index (χ4n) is 2.79.